The van der Waals surface area contributed by atoms with Gasteiger partial charge in [0.25, 0.3) is 6.54 Å². The van der Waals surface area contributed by atoms with Crippen molar-refractivity contribution in [3.8, 4) is 0 Å². The quantitative estimate of drug-likeness (QED) is 0.720. The lowest BCUT2D eigenvalue weighted by molar-refractivity contribution is -0.114. The molecule has 1 rings (SSSR count). The van der Waals surface area contributed by atoms with Gasteiger partial charge in [-0.15, -0.1) is 0 Å². The molecule has 4 heteroatoms. The predicted octanol–water partition coefficient (Wildman–Crippen LogP) is 2.20. The molecular formula is C9H7ClN2O. The monoisotopic (exact) mass is 194 g/mol. The van der Waals surface area contributed by atoms with Gasteiger partial charge < -0.3 is 10.2 Å². The van der Waals surface area contributed by atoms with Crippen molar-refractivity contribution < 1.29 is 4.79 Å². The average molecular weight is 195 g/mol. The van der Waals surface area contributed by atoms with Crippen LogP contribution in [0.3, 0.4) is 0 Å². The molecule has 0 radical (unpaired) electrons. The van der Waals surface area contributed by atoms with Crippen molar-refractivity contribution in [2.45, 2.75) is 0 Å². The third kappa shape index (κ3) is 3.14. The topological polar surface area (TPSA) is 33.5 Å². The first-order valence-corrected chi connectivity index (χ1v) is 3.99. The van der Waals surface area contributed by atoms with E-state index in [1.165, 1.54) is 0 Å². The first-order chi connectivity index (χ1) is 6.22. The summed E-state index contributed by atoms with van der Waals surface area (Å²) in [4.78, 5) is 13.9. The van der Waals surface area contributed by atoms with Gasteiger partial charge in [-0.25, -0.2) is 6.57 Å². The van der Waals surface area contributed by atoms with E-state index in [9.17, 15) is 4.79 Å². The fraction of sp³-hybridized carbons (Fsp3) is 0.111. The van der Waals surface area contributed by atoms with Crippen LogP contribution in [0.1, 0.15) is 0 Å². The van der Waals surface area contributed by atoms with Crippen LogP contribution in [0.5, 0.6) is 0 Å². The first kappa shape index (κ1) is 9.56. The van der Waals surface area contributed by atoms with Crippen molar-refractivity contribution in [1.29, 1.82) is 0 Å². The number of nitrogens with zero attached hydrogens (tertiary/aromatic N) is 1. The van der Waals surface area contributed by atoms with E-state index in [2.05, 4.69) is 10.2 Å². The van der Waals surface area contributed by atoms with E-state index < -0.39 is 0 Å². The van der Waals surface area contributed by atoms with Gasteiger partial charge in [0.1, 0.15) is 0 Å². The second-order valence-corrected chi connectivity index (χ2v) is 2.81. The van der Waals surface area contributed by atoms with Crippen LogP contribution in [-0.4, -0.2) is 12.5 Å². The van der Waals surface area contributed by atoms with Crippen molar-refractivity contribution in [3.63, 3.8) is 0 Å². The van der Waals surface area contributed by atoms with Crippen LogP contribution in [0.25, 0.3) is 4.85 Å². The summed E-state index contributed by atoms with van der Waals surface area (Å²) in [7, 11) is 0. The molecule has 1 N–H and O–H groups in total. The minimum absolute atomic E-state index is 0.150. The molecule has 0 aromatic heterocycles. The molecule has 0 unspecified atom stereocenters. The highest BCUT2D eigenvalue weighted by molar-refractivity contribution is 6.30. The van der Waals surface area contributed by atoms with Gasteiger partial charge in [0, 0.05) is 10.7 Å². The van der Waals surface area contributed by atoms with E-state index in [0.717, 1.165) is 0 Å². The van der Waals surface area contributed by atoms with Gasteiger partial charge in [-0.2, -0.15) is 0 Å². The number of hydrogen-bond acceptors (Lipinski definition) is 1. The minimum Gasteiger partial charge on any atom is -0.320 e. The Bertz CT molecular complexity index is 340. The normalized spacial score (nSPS) is 8.92. The summed E-state index contributed by atoms with van der Waals surface area (Å²) in [6.45, 7) is 6.33. The number of nitrogens with one attached hydrogen (secondary N) is 1. The lowest BCUT2D eigenvalue weighted by atomic mass is 10.3. The Morgan fingerprint density at radius 1 is 1.46 bits per heavy atom. The van der Waals surface area contributed by atoms with E-state index in [0.29, 0.717) is 10.7 Å². The molecule has 66 valence electrons. The van der Waals surface area contributed by atoms with E-state index in [-0.39, 0.29) is 12.5 Å². The van der Waals surface area contributed by atoms with Crippen LogP contribution >= 0.6 is 11.6 Å². The molecule has 1 aromatic rings. The molecule has 0 spiro atoms. The second-order valence-electron chi connectivity index (χ2n) is 2.37. The summed E-state index contributed by atoms with van der Waals surface area (Å²) in [6.07, 6.45) is 0. The van der Waals surface area contributed by atoms with Crippen molar-refractivity contribution in [3.05, 3.63) is 40.7 Å². The number of rotatable bonds is 2. The molecule has 0 fully saturated rings. The standard InChI is InChI=1S/C9H7ClN2O/c1-11-6-9(13)12-8-4-2-7(10)3-5-8/h2-5H,6H2,(H,12,13). The molecular weight excluding hydrogens is 188 g/mol. The van der Waals surface area contributed by atoms with E-state index in [1.807, 2.05) is 0 Å². The van der Waals surface area contributed by atoms with Gasteiger partial charge in [-0.3, -0.25) is 4.79 Å². The number of carbonyl (C=O) groups is 1. The molecule has 0 atom stereocenters. The summed E-state index contributed by atoms with van der Waals surface area (Å²) < 4.78 is 0. The van der Waals surface area contributed by atoms with Crippen LogP contribution in [0, 0.1) is 6.57 Å². The van der Waals surface area contributed by atoms with Crippen molar-refractivity contribution in [2.24, 2.45) is 0 Å². The van der Waals surface area contributed by atoms with Crippen molar-refractivity contribution in [1.82, 2.24) is 0 Å². The Kier molecular flexibility index (Phi) is 3.30. The van der Waals surface area contributed by atoms with Crippen LogP contribution in [0.4, 0.5) is 5.69 Å². The molecule has 0 aliphatic heterocycles. The predicted molar refractivity (Wildman–Crippen MR) is 51.6 cm³/mol. The second kappa shape index (κ2) is 4.48. The third-order valence-corrected chi connectivity index (χ3v) is 1.60. The zero-order chi connectivity index (χ0) is 9.68. The Balaban J connectivity index is 2.60. The van der Waals surface area contributed by atoms with Gasteiger partial charge in [0.15, 0.2) is 0 Å². The Labute approximate surface area is 81.1 Å². The number of anilines is 1. The highest BCUT2D eigenvalue weighted by Crippen LogP contribution is 2.12. The summed E-state index contributed by atoms with van der Waals surface area (Å²) in [5.74, 6) is -0.308. The van der Waals surface area contributed by atoms with Crippen molar-refractivity contribution >= 4 is 23.2 Å². The number of benzene rings is 1. The summed E-state index contributed by atoms with van der Waals surface area (Å²) in [6, 6.07) is 6.72. The molecule has 0 bridgehead atoms. The van der Waals surface area contributed by atoms with E-state index >= 15 is 0 Å². The molecule has 0 saturated carbocycles. The highest BCUT2D eigenvalue weighted by Gasteiger charge is 2.03. The van der Waals surface area contributed by atoms with Crippen LogP contribution in [0.15, 0.2) is 24.3 Å². The smallest absolute Gasteiger partial charge is 0.304 e. The van der Waals surface area contributed by atoms with Gasteiger partial charge in [-0.05, 0) is 24.3 Å². The molecule has 0 aliphatic rings. The van der Waals surface area contributed by atoms with Gasteiger partial charge in [-0.1, -0.05) is 11.6 Å². The SMILES string of the molecule is [C-]#[N+]CC(=O)Nc1ccc(Cl)cc1. The average Bonchev–Trinajstić information content (AvgIpc) is 2.09. The van der Waals surface area contributed by atoms with E-state index in [1.54, 1.807) is 24.3 Å². The fourth-order valence-corrected chi connectivity index (χ4v) is 0.932. The molecule has 0 saturated heterocycles. The summed E-state index contributed by atoms with van der Waals surface area (Å²) >= 11 is 5.65. The van der Waals surface area contributed by atoms with Crippen LogP contribution < -0.4 is 5.32 Å². The molecule has 3 nitrogen and oxygen atoms in total. The Morgan fingerprint density at radius 2 is 2.08 bits per heavy atom. The Morgan fingerprint density at radius 3 is 2.62 bits per heavy atom. The zero-order valence-corrected chi connectivity index (χ0v) is 7.51. The minimum atomic E-state index is -0.308. The molecule has 13 heavy (non-hydrogen) atoms. The van der Waals surface area contributed by atoms with Crippen LogP contribution in [0.2, 0.25) is 5.02 Å². The number of carbonyl (C=O) groups excluding carboxylic acids is 1. The van der Waals surface area contributed by atoms with E-state index in [4.69, 9.17) is 18.2 Å². The maximum atomic E-state index is 10.9. The zero-order valence-electron chi connectivity index (χ0n) is 6.75. The van der Waals surface area contributed by atoms with Gasteiger partial charge in [0.2, 0.25) is 0 Å². The molecule has 1 amide bonds. The fourth-order valence-electron chi connectivity index (χ4n) is 0.806. The lowest BCUT2D eigenvalue weighted by Gasteiger charge is -2.00. The maximum Gasteiger partial charge on any atom is 0.304 e. The largest absolute Gasteiger partial charge is 0.320 e. The van der Waals surface area contributed by atoms with Crippen LogP contribution in [-0.2, 0) is 4.79 Å². The van der Waals surface area contributed by atoms with Gasteiger partial charge >= 0.3 is 5.91 Å². The maximum absolute atomic E-state index is 10.9. The summed E-state index contributed by atoms with van der Waals surface area (Å²) in [5.41, 5.74) is 0.651. The number of hydrogen-bond donors (Lipinski definition) is 1. The molecule has 0 heterocycles. The van der Waals surface area contributed by atoms with Crippen molar-refractivity contribution in [2.75, 3.05) is 11.9 Å². The summed E-state index contributed by atoms with van der Waals surface area (Å²) in [5, 5.41) is 3.17. The molecule has 0 aliphatic carbocycles. The third-order valence-electron chi connectivity index (χ3n) is 1.35. The Hall–Kier alpha value is -1.53. The number of halogens is 1. The molecule has 1 aromatic carbocycles. The number of amides is 1. The first-order valence-electron chi connectivity index (χ1n) is 3.61. The van der Waals surface area contributed by atoms with Gasteiger partial charge in [0.05, 0.1) is 0 Å². The lowest BCUT2D eigenvalue weighted by Crippen LogP contribution is -2.13. The highest BCUT2D eigenvalue weighted by atomic mass is 35.5.